The number of benzene rings is 1. The minimum absolute atomic E-state index is 0.364. The molecule has 0 spiro atoms. The quantitative estimate of drug-likeness (QED) is 0.639. The van der Waals surface area contributed by atoms with Crippen LogP contribution >= 0.6 is 11.3 Å². The molecule has 0 aliphatic heterocycles. The van der Waals surface area contributed by atoms with Crippen LogP contribution in [0.4, 0.5) is 0 Å². The van der Waals surface area contributed by atoms with Crippen LogP contribution in [-0.2, 0) is 0 Å². The van der Waals surface area contributed by atoms with Crippen LogP contribution in [-0.4, -0.2) is 31.2 Å². The Morgan fingerprint density at radius 1 is 1.14 bits per heavy atom. The van der Waals surface area contributed by atoms with Crippen LogP contribution in [0.3, 0.4) is 0 Å². The molecular formula is C23H33N3O2S. The maximum absolute atomic E-state index is 5.62. The molecule has 1 aliphatic carbocycles. The summed E-state index contributed by atoms with van der Waals surface area (Å²) in [6.07, 6.45) is 4.49. The minimum Gasteiger partial charge on any atom is -0.497 e. The molecule has 1 heterocycles. The fraction of sp³-hybridized carbons (Fsp3) is 0.565. The smallest absolute Gasteiger partial charge is 0.206 e. The monoisotopic (exact) mass is 415 g/mol. The topological polar surface area (TPSA) is 48.1 Å². The maximum atomic E-state index is 5.62. The Morgan fingerprint density at radius 2 is 1.86 bits per heavy atom. The molecule has 1 saturated carbocycles. The fourth-order valence-electron chi connectivity index (χ4n) is 3.90. The number of aromatic nitrogens is 1. The number of hydrogen-bond acceptors (Lipinski definition) is 5. The van der Waals surface area contributed by atoms with Gasteiger partial charge < -0.3 is 9.47 Å². The lowest BCUT2D eigenvalue weighted by Crippen LogP contribution is -2.26. The number of hydrogen-bond donors (Lipinski definition) is 0. The van der Waals surface area contributed by atoms with Crippen LogP contribution in [0.1, 0.15) is 53.4 Å². The van der Waals surface area contributed by atoms with Crippen molar-refractivity contribution in [2.24, 2.45) is 21.4 Å². The first kappa shape index (κ1) is 21.6. The number of ether oxygens (including phenoxy) is 2. The van der Waals surface area contributed by atoms with E-state index in [4.69, 9.17) is 14.6 Å². The zero-order valence-corrected chi connectivity index (χ0v) is 19.3. The van der Waals surface area contributed by atoms with Crippen LogP contribution in [0.15, 0.2) is 33.7 Å². The summed E-state index contributed by atoms with van der Waals surface area (Å²) in [7, 11) is 3.37. The van der Waals surface area contributed by atoms with Crippen LogP contribution < -0.4 is 14.3 Å². The molecule has 0 bridgehead atoms. The summed E-state index contributed by atoms with van der Waals surface area (Å²) in [5.74, 6) is 2.36. The molecule has 1 aromatic heterocycles. The zero-order chi connectivity index (χ0) is 21.0. The molecule has 1 aliphatic rings. The van der Waals surface area contributed by atoms with Gasteiger partial charge in [-0.2, -0.15) is 5.10 Å². The molecule has 158 valence electrons. The molecule has 0 unspecified atom stereocenters. The standard InChI is InChI=1S/C23H33N3O2S/c1-7-24-22-26(25-17-10-8-16(9-11-17)23(2,3)4)20(15-29-22)19-14-18(27-5)12-13-21(19)28-6/h12-16H,7-11H2,1-6H3. The molecule has 0 atom stereocenters. The maximum Gasteiger partial charge on any atom is 0.206 e. The second-order valence-electron chi connectivity index (χ2n) is 8.56. The Kier molecular flexibility index (Phi) is 6.83. The van der Waals surface area contributed by atoms with Gasteiger partial charge in [-0.1, -0.05) is 20.8 Å². The van der Waals surface area contributed by atoms with E-state index in [2.05, 4.69) is 38.1 Å². The van der Waals surface area contributed by atoms with Gasteiger partial charge in [0.1, 0.15) is 11.5 Å². The fourth-order valence-corrected chi connectivity index (χ4v) is 4.78. The van der Waals surface area contributed by atoms with Crippen LogP contribution in [0.25, 0.3) is 11.3 Å². The van der Waals surface area contributed by atoms with E-state index in [1.54, 1.807) is 25.6 Å². The summed E-state index contributed by atoms with van der Waals surface area (Å²) in [5.41, 5.74) is 3.57. The van der Waals surface area contributed by atoms with Gasteiger partial charge in [0.15, 0.2) is 0 Å². The number of thiazole rings is 1. The van der Waals surface area contributed by atoms with Gasteiger partial charge in [0.2, 0.25) is 4.80 Å². The largest absolute Gasteiger partial charge is 0.497 e. The highest BCUT2D eigenvalue weighted by molar-refractivity contribution is 7.07. The van der Waals surface area contributed by atoms with Gasteiger partial charge >= 0.3 is 0 Å². The van der Waals surface area contributed by atoms with E-state index >= 15 is 0 Å². The zero-order valence-electron chi connectivity index (χ0n) is 18.5. The van der Waals surface area contributed by atoms with Crippen LogP contribution in [0.2, 0.25) is 0 Å². The average Bonchev–Trinajstić information content (AvgIpc) is 3.09. The first-order valence-corrected chi connectivity index (χ1v) is 11.3. The van der Waals surface area contributed by atoms with Gasteiger partial charge in [-0.3, -0.25) is 4.99 Å². The predicted molar refractivity (Wildman–Crippen MR) is 121 cm³/mol. The van der Waals surface area contributed by atoms with Crippen molar-refractivity contribution in [3.05, 3.63) is 28.4 Å². The highest BCUT2D eigenvalue weighted by Crippen LogP contribution is 2.37. The summed E-state index contributed by atoms with van der Waals surface area (Å²) in [5, 5.41) is 7.18. The first-order valence-electron chi connectivity index (χ1n) is 10.4. The van der Waals surface area contributed by atoms with Gasteiger partial charge in [0.05, 0.1) is 19.9 Å². The molecule has 29 heavy (non-hydrogen) atoms. The van der Waals surface area contributed by atoms with Crippen molar-refractivity contribution in [1.82, 2.24) is 4.68 Å². The van der Waals surface area contributed by atoms with Gasteiger partial charge in [0, 0.05) is 23.2 Å². The van der Waals surface area contributed by atoms with E-state index in [0.717, 1.165) is 52.9 Å². The number of methoxy groups -OCH3 is 2. The molecule has 0 amide bonds. The van der Waals surface area contributed by atoms with Crippen molar-refractivity contribution in [3.63, 3.8) is 0 Å². The third-order valence-corrected chi connectivity index (χ3v) is 6.54. The summed E-state index contributed by atoms with van der Waals surface area (Å²) < 4.78 is 13.1. The lowest BCUT2D eigenvalue weighted by atomic mass is 9.72. The highest BCUT2D eigenvalue weighted by Gasteiger charge is 2.28. The van der Waals surface area contributed by atoms with Gasteiger partial charge in [-0.25, -0.2) is 4.68 Å². The van der Waals surface area contributed by atoms with Crippen molar-refractivity contribution < 1.29 is 9.47 Å². The van der Waals surface area contributed by atoms with Gasteiger partial charge in [0.25, 0.3) is 0 Å². The van der Waals surface area contributed by atoms with Crippen molar-refractivity contribution in [3.8, 4) is 22.8 Å². The Morgan fingerprint density at radius 3 is 2.45 bits per heavy atom. The molecule has 2 aromatic rings. The second kappa shape index (κ2) is 9.16. The third-order valence-electron chi connectivity index (χ3n) is 5.69. The molecule has 0 saturated heterocycles. The van der Waals surface area contributed by atoms with E-state index in [9.17, 15) is 0 Å². The van der Waals surface area contributed by atoms with E-state index in [0.29, 0.717) is 5.41 Å². The van der Waals surface area contributed by atoms with E-state index in [1.807, 2.05) is 22.9 Å². The van der Waals surface area contributed by atoms with Crippen LogP contribution in [0, 0.1) is 11.3 Å². The minimum atomic E-state index is 0.364. The lowest BCUT2D eigenvalue weighted by molar-refractivity contribution is 0.208. The first-order chi connectivity index (χ1) is 13.9. The summed E-state index contributed by atoms with van der Waals surface area (Å²) >= 11 is 1.61. The predicted octanol–water partition coefficient (Wildman–Crippen LogP) is 5.59. The summed E-state index contributed by atoms with van der Waals surface area (Å²) in [6.45, 7) is 9.82. The molecule has 5 nitrogen and oxygen atoms in total. The molecule has 1 fully saturated rings. The third kappa shape index (κ3) is 4.92. The molecular weight excluding hydrogens is 382 g/mol. The van der Waals surface area contributed by atoms with Gasteiger partial charge in [-0.05, 0) is 62.1 Å². The molecule has 0 radical (unpaired) electrons. The SMILES string of the molecule is CCN=c1scc(-c2cc(OC)ccc2OC)n1N=C1CCC(C(C)(C)C)CC1. The van der Waals surface area contributed by atoms with E-state index in [-0.39, 0.29) is 0 Å². The van der Waals surface area contributed by atoms with Crippen molar-refractivity contribution >= 4 is 17.0 Å². The number of nitrogens with zero attached hydrogens (tertiary/aromatic N) is 3. The van der Waals surface area contributed by atoms with Crippen molar-refractivity contribution in [1.29, 1.82) is 0 Å². The average molecular weight is 416 g/mol. The Balaban J connectivity index is 2.02. The highest BCUT2D eigenvalue weighted by atomic mass is 32.1. The molecule has 3 rings (SSSR count). The molecule has 6 heteroatoms. The Bertz CT molecular complexity index is 924. The summed E-state index contributed by atoms with van der Waals surface area (Å²) in [4.78, 5) is 5.59. The second-order valence-corrected chi connectivity index (χ2v) is 9.40. The Labute approximate surface area is 178 Å². The lowest BCUT2D eigenvalue weighted by Gasteiger charge is -2.34. The molecule has 1 aromatic carbocycles. The van der Waals surface area contributed by atoms with E-state index < -0.39 is 0 Å². The van der Waals surface area contributed by atoms with E-state index in [1.165, 1.54) is 18.6 Å². The Hall–Kier alpha value is -2.08. The number of rotatable bonds is 5. The van der Waals surface area contributed by atoms with Crippen LogP contribution in [0.5, 0.6) is 11.5 Å². The normalized spacial score (nSPS) is 18.1. The molecule has 0 N–H and O–H groups in total. The van der Waals surface area contributed by atoms with Crippen molar-refractivity contribution in [2.45, 2.75) is 53.4 Å². The van der Waals surface area contributed by atoms with Gasteiger partial charge in [-0.15, -0.1) is 11.3 Å². The summed E-state index contributed by atoms with van der Waals surface area (Å²) in [6, 6.07) is 5.86. The van der Waals surface area contributed by atoms with Crippen molar-refractivity contribution in [2.75, 3.05) is 20.8 Å².